The molecule has 0 aliphatic rings. The van der Waals surface area contributed by atoms with Crippen LogP contribution in [0.2, 0.25) is 0 Å². The van der Waals surface area contributed by atoms with E-state index in [0.29, 0.717) is 12.1 Å². The van der Waals surface area contributed by atoms with Gasteiger partial charge in [0.2, 0.25) is 0 Å². The van der Waals surface area contributed by atoms with E-state index in [1.807, 2.05) is 13.4 Å². The van der Waals surface area contributed by atoms with Crippen molar-refractivity contribution in [3.05, 3.63) is 29.3 Å². The third kappa shape index (κ3) is 5.17. The van der Waals surface area contributed by atoms with Crippen LogP contribution in [0.1, 0.15) is 38.8 Å². The second-order valence-corrected chi connectivity index (χ2v) is 6.87. The van der Waals surface area contributed by atoms with E-state index in [4.69, 9.17) is 0 Å². The summed E-state index contributed by atoms with van der Waals surface area (Å²) in [7, 11) is 2.04. The van der Waals surface area contributed by atoms with Crippen LogP contribution < -0.4 is 0 Å². The van der Waals surface area contributed by atoms with Crippen molar-refractivity contribution in [1.82, 2.24) is 8.61 Å². The lowest BCUT2D eigenvalue weighted by Crippen LogP contribution is -2.33. The minimum atomic E-state index is 0.497. The third-order valence-electron chi connectivity index (χ3n) is 2.95. The summed E-state index contributed by atoms with van der Waals surface area (Å²) in [5.41, 5.74) is 3.52. The van der Waals surface area contributed by atoms with Gasteiger partial charge >= 0.3 is 0 Å². The first-order chi connectivity index (χ1) is 9.31. The van der Waals surface area contributed by atoms with Crippen molar-refractivity contribution < 1.29 is 0 Å². The first-order valence-electron chi connectivity index (χ1n) is 7.12. The van der Waals surface area contributed by atoms with Gasteiger partial charge in [-0.15, -0.1) is 0 Å². The van der Waals surface area contributed by atoms with Gasteiger partial charge in [0.1, 0.15) is 6.34 Å². The van der Waals surface area contributed by atoms with Crippen LogP contribution in [-0.2, 0) is 0 Å². The van der Waals surface area contributed by atoms with Crippen LogP contribution in [0.3, 0.4) is 0 Å². The molecule has 1 aromatic carbocycles. The molecule has 0 aromatic heterocycles. The molecule has 0 atom stereocenters. The molecule has 3 nitrogen and oxygen atoms in total. The first kappa shape index (κ1) is 17.1. The molecule has 20 heavy (non-hydrogen) atoms. The highest BCUT2D eigenvalue weighted by atomic mass is 32.2. The lowest BCUT2D eigenvalue weighted by Gasteiger charge is -2.31. The van der Waals surface area contributed by atoms with Gasteiger partial charge in [0.15, 0.2) is 0 Å². The third-order valence-corrected chi connectivity index (χ3v) is 4.34. The fourth-order valence-electron chi connectivity index (χ4n) is 2.05. The van der Waals surface area contributed by atoms with Crippen LogP contribution in [-0.4, -0.2) is 34.1 Å². The van der Waals surface area contributed by atoms with Crippen molar-refractivity contribution in [2.45, 2.75) is 53.6 Å². The van der Waals surface area contributed by atoms with Crippen molar-refractivity contribution in [1.29, 1.82) is 0 Å². The fraction of sp³-hybridized carbons (Fsp3) is 0.562. The van der Waals surface area contributed by atoms with E-state index in [2.05, 4.69) is 73.3 Å². The van der Waals surface area contributed by atoms with Crippen LogP contribution in [0.15, 0.2) is 23.2 Å². The Bertz CT molecular complexity index is 447. The van der Waals surface area contributed by atoms with E-state index in [1.165, 1.54) is 11.1 Å². The highest BCUT2D eigenvalue weighted by molar-refractivity contribution is 7.95. The Morgan fingerprint density at radius 3 is 2.20 bits per heavy atom. The zero-order chi connectivity index (χ0) is 15.3. The van der Waals surface area contributed by atoms with E-state index in [0.717, 1.165) is 5.69 Å². The molecule has 0 heterocycles. The lowest BCUT2D eigenvalue weighted by atomic mass is 10.1. The van der Waals surface area contributed by atoms with Crippen LogP contribution in [0, 0.1) is 13.8 Å². The largest absolute Gasteiger partial charge is 0.297 e. The smallest absolute Gasteiger partial charge is 0.102 e. The van der Waals surface area contributed by atoms with Gasteiger partial charge < -0.3 is 0 Å². The number of nitrogens with zero attached hydrogens (tertiary/aromatic N) is 3. The molecule has 1 rings (SSSR count). The molecule has 0 fully saturated rings. The Morgan fingerprint density at radius 1 is 1.10 bits per heavy atom. The average molecular weight is 293 g/mol. The number of rotatable bonds is 6. The molecule has 112 valence electrons. The molecule has 0 saturated carbocycles. The highest BCUT2D eigenvalue weighted by Gasteiger charge is 2.15. The normalized spacial score (nSPS) is 12.1. The van der Waals surface area contributed by atoms with Crippen molar-refractivity contribution >= 4 is 24.2 Å². The van der Waals surface area contributed by atoms with Crippen LogP contribution in [0.4, 0.5) is 5.69 Å². The monoisotopic (exact) mass is 293 g/mol. The van der Waals surface area contributed by atoms with E-state index in [1.54, 1.807) is 12.1 Å². The van der Waals surface area contributed by atoms with Crippen LogP contribution in [0.25, 0.3) is 0 Å². The van der Waals surface area contributed by atoms with Gasteiger partial charge in [-0.05, 0) is 53.2 Å². The molecular weight excluding hydrogens is 266 g/mol. The summed E-state index contributed by atoms with van der Waals surface area (Å²) < 4.78 is 4.41. The topological polar surface area (TPSA) is 18.8 Å². The molecule has 0 saturated heterocycles. The fourth-order valence-corrected chi connectivity index (χ4v) is 2.81. The summed E-state index contributed by atoms with van der Waals surface area (Å²) in [5.74, 6) is 0. The van der Waals surface area contributed by atoms with E-state index < -0.39 is 0 Å². The summed E-state index contributed by atoms with van der Waals surface area (Å²) in [6.07, 6.45) is 1.89. The van der Waals surface area contributed by atoms with Crippen LogP contribution in [0.5, 0.6) is 0 Å². The number of benzene rings is 1. The number of aryl methyl sites for hydroxylation is 2. The molecule has 0 bridgehead atoms. The number of hydrogen-bond acceptors (Lipinski definition) is 3. The second kappa shape index (κ2) is 7.70. The molecule has 0 unspecified atom stereocenters. The van der Waals surface area contributed by atoms with Crippen molar-refractivity contribution in [2.75, 3.05) is 7.05 Å². The van der Waals surface area contributed by atoms with Gasteiger partial charge in [0.05, 0.1) is 5.69 Å². The molecular formula is C16H27N3S. The van der Waals surface area contributed by atoms with E-state index in [-0.39, 0.29) is 0 Å². The Hall–Kier alpha value is -1.00. The molecule has 0 N–H and O–H groups in total. The Balaban J connectivity index is 2.69. The summed E-state index contributed by atoms with van der Waals surface area (Å²) in [6, 6.07) is 7.33. The van der Waals surface area contributed by atoms with Gasteiger partial charge in [-0.2, -0.15) is 0 Å². The van der Waals surface area contributed by atoms with Gasteiger partial charge in [-0.3, -0.25) is 4.31 Å². The van der Waals surface area contributed by atoms with Gasteiger partial charge in [0, 0.05) is 31.3 Å². The van der Waals surface area contributed by atoms with E-state index >= 15 is 0 Å². The standard InChI is InChI=1S/C16H27N3S/c1-12(2)19(13(3)4)20-18(7)11-17-16-9-8-14(5)10-15(16)6/h8-13H,1-7H3. The molecule has 1 aromatic rings. The molecule has 0 aliphatic carbocycles. The summed E-state index contributed by atoms with van der Waals surface area (Å²) in [5, 5.41) is 0. The zero-order valence-corrected chi connectivity index (χ0v) is 14.5. The Morgan fingerprint density at radius 2 is 1.70 bits per heavy atom. The second-order valence-electron chi connectivity index (χ2n) is 5.71. The highest BCUT2D eigenvalue weighted by Crippen LogP contribution is 2.22. The quantitative estimate of drug-likeness (QED) is 0.435. The van der Waals surface area contributed by atoms with E-state index in [9.17, 15) is 0 Å². The van der Waals surface area contributed by atoms with Crippen molar-refractivity contribution in [3.8, 4) is 0 Å². The minimum absolute atomic E-state index is 0.497. The summed E-state index contributed by atoms with van der Waals surface area (Å²) >= 11 is 1.71. The van der Waals surface area contributed by atoms with Crippen molar-refractivity contribution in [2.24, 2.45) is 4.99 Å². The van der Waals surface area contributed by atoms with Crippen LogP contribution >= 0.6 is 12.1 Å². The number of aliphatic imine (C=N–C) groups is 1. The SMILES string of the molecule is Cc1ccc(N=CN(C)SN(C(C)C)C(C)C)c(C)c1. The predicted molar refractivity (Wildman–Crippen MR) is 91.5 cm³/mol. The molecule has 0 radical (unpaired) electrons. The van der Waals surface area contributed by atoms with Gasteiger partial charge in [0.25, 0.3) is 0 Å². The van der Waals surface area contributed by atoms with Gasteiger partial charge in [-0.1, -0.05) is 17.7 Å². The minimum Gasteiger partial charge on any atom is -0.297 e. The average Bonchev–Trinajstić information content (AvgIpc) is 2.34. The number of hydrogen-bond donors (Lipinski definition) is 0. The lowest BCUT2D eigenvalue weighted by molar-refractivity contribution is 0.329. The predicted octanol–water partition coefficient (Wildman–Crippen LogP) is 4.58. The molecule has 4 heteroatoms. The molecule has 0 aliphatic heterocycles. The Kier molecular flexibility index (Phi) is 6.56. The maximum atomic E-state index is 4.57. The van der Waals surface area contributed by atoms with Gasteiger partial charge in [-0.25, -0.2) is 9.30 Å². The molecule has 0 amide bonds. The summed E-state index contributed by atoms with van der Waals surface area (Å²) in [4.78, 5) is 4.57. The summed E-state index contributed by atoms with van der Waals surface area (Å²) in [6.45, 7) is 13.0. The van der Waals surface area contributed by atoms with Crippen molar-refractivity contribution in [3.63, 3.8) is 0 Å². The first-order valence-corrected chi connectivity index (χ1v) is 7.85. The maximum absolute atomic E-state index is 4.57. The maximum Gasteiger partial charge on any atom is 0.102 e. The Labute approximate surface area is 128 Å². The zero-order valence-electron chi connectivity index (χ0n) is 13.7. The molecule has 0 spiro atoms.